The van der Waals surface area contributed by atoms with Crippen molar-refractivity contribution in [1.82, 2.24) is 0 Å². The molecule has 0 N–H and O–H groups in total. The van der Waals surface area contributed by atoms with E-state index in [1.807, 2.05) is 30.3 Å². The lowest BCUT2D eigenvalue weighted by Gasteiger charge is -2.31. The van der Waals surface area contributed by atoms with Crippen molar-refractivity contribution < 1.29 is 9.53 Å². The zero-order valence-corrected chi connectivity index (χ0v) is 10.7. The molecule has 1 saturated carbocycles. The van der Waals surface area contributed by atoms with Gasteiger partial charge in [0.2, 0.25) is 0 Å². The van der Waals surface area contributed by atoms with Crippen LogP contribution in [0.5, 0.6) is 0 Å². The number of hydrogen-bond donors (Lipinski definition) is 0. The normalized spacial score (nSPS) is 23.6. The summed E-state index contributed by atoms with van der Waals surface area (Å²) in [6.07, 6.45) is 2.73. The smallest absolute Gasteiger partial charge is 0.310 e. The van der Waals surface area contributed by atoms with Crippen LogP contribution in [0.2, 0.25) is 0 Å². The molecule has 0 aliphatic heterocycles. The Morgan fingerprint density at radius 3 is 2.62 bits per heavy atom. The molecule has 2 atom stereocenters. The fraction of sp³-hybridized carbons (Fsp3) is 0.462. The van der Waals surface area contributed by atoms with Crippen LogP contribution in [0.1, 0.15) is 18.4 Å². The van der Waals surface area contributed by atoms with E-state index in [0.717, 1.165) is 12.0 Å². The Balaban J connectivity index is 1.72. The molecule has 0 aromatic heterocycles. The highest BCUT2D eigenvalue weighted by Crippen LogP contribution is 2.33. The standard InChI is InChI=1S/C13H15BrO2/c14-12-7-6-11(12)9-16-13(15)8-10-4-2-1-3-5-10/h1-5,11-12H,6-9H2. The van der Waals surface area contributed by atoms with Crippen molar-refractivity contribution in [2.24, 2.45) is 5.92 Å². The van der Waals surface area contributed by atoms with Gasteiger partial charge in [0.15, 0.2) is 0 Å². The van der Waals surface area contributed by atoms with Gasteiger partial charge >= 0.3 is 5.97 Å². The monoisotopic (exact) mass is 282 g/mol. The molecule has 0 bridgehead atoms. The van der Waals surface area contributed by atoms with Gasteiger partial charge in [-0.3, -0.25) is 4.79 Å². The minimum Gasteiger partial charge on any atom is -0.465 e. The maximum atomic E-state index is 11.5. The second-order valence-electron chi connectivity index (χ2n) is 4.20. The first-order chi connectivity index (χ1) is 7.75. The van der Waals surface area contributed by atoms with Crippen molar-refractivity contribution in [3.63, 3.8) is 0 Å². The predicted molar refractivity (Wildman–Crippen MR) is 66.5 cm³/mol. The number of carbonyl (C=O) groups is 1. The van der Waals surface area contributed by atoms with Crippen LogP contribution in [0.15, 0.2) is 30.3 Å². The molecule has 1 aliphatic carbocycles. The first-order valence-corrected chi connectivity index (χ1v) is 6.51. The van der Waals surface area contributed by atoms with Crippen LogP contribution in [0, 0.1) is 5.92 Å². The van der Waals surface area contributed by atoms with Crippen molar-refractivity contribution in [2.75, 3.05) is 6.61 Å². The van der Waals surface area contributed by atoms with E-state index >= 15 is 0 Å². The molecular weight excluding hydrogens is 268 g/mol. The van der Waals surface area contributed by atoms with Gasteiger partial charge in [-0.1, -0.05) is 46.3 Å². The van der Waals surface area contributed by atoms with Gasteiger partial charge in [0.1, 0.15) is 0 Å². The number of benzene rings is 1. The van der Waals surface area contributed by atoms with Gasteiger partial charge in [0, 0.05) is 10.7 Å². The summed E-state index contributed by atoms with van der Waals surface area (Å²) in [7, 11) is 0. The quantitative estimate of drug-likeness (QED) is 0.627. The Morgan fingerprint density at radius 1 is 1.31 bits per heavy atom. The zero-order chi connectivity index (χ0) is 11.4. The summed E-state index contributed by atoms with van der Waals surface area (Å²) >= 11 is 3.55. The maximum absolute atomic E-state index is 11.5. The van der Waals surface area contributed by atoms with Crippen LogP contribution in [0.4, 0.5) is 0 Å². The SMILES string of the molecule is O=C(Cc1ccccc1)OCC1CCC1Br. The molecule has 16 heavy (non-hydrogen) atoms. The summed E-state index contributed by atoms with van der Waals surface area (Å²) < 4.78 is 5.25. The molecule has 3 heteroatoms. The van der Waals surface area contributed by atoms with Gasteiger partial charge in [-0.2, -0.15) is 0 Å². The molecule has 1 aromatic carbocycles. The fourth-order valence-corrected chi connectivity index (χ4v) is 2.41. The summed E-state index contributed by atoms with van der Waals surface area (Å²) in [5.74, 6) is 0.387. The van der Waals surface area contributed by atoms with Crippen LogP contribution in [-0.4, -0.2) is 17.4 Å². The maximum Gasteiger partial charge on any atom is 0.310 e. The second-order valence-corrected chi connectivity index (χ2v) is 5.37. The lowest BCUT2D eigenvalue weighted by Crippen LogP contribution is -2.31. The fourth-order valence-electron chi connectivity index (χ4n) is 1.73. The van der Waals surface area contributed by atoms with Gasteiger partial charge in [0.05, 0.1) is 13.0 Å². The summed E-state index contributed by atoms with van der Waals surface area (Å²) in [4.78, 5) is 12.1. The number of esters is 1. The van der Waals surface area contributed by atoms with Crippen molar-refractivity contribution in [3.8, 4) is 0 Å². The number of carbonyl (C=O) groups excluding carboxylic acids is 1. The number of hydrogen-bond acceptors (Lipinski definition) is 2. The highest BCUT2D eigenvalue weighted by Gasteiger charge is 2.29. The summed E-state index contributed by atoms with van der Waals surface area (Å²) in [5, 5.41) is 0. The Hall–Kier alpha value is -0.830. The molecule has 0 heterocycles. The Kier molecular flexibility index (Phi) is 3.99. The molecule has 0 saturated heterocycles. The highest BCUT2D eigenvalue weighted by molar-refractivity contribution is 9.09. The highest BCUT2D eigenvalue weighted by atomic mass is 79.9. The van der Waals surface area contributed by atoms with E-state index in [-0.39, 0.29) is 5.97 Å². The third kappa shape index (κ3) is 3.08. The number of ether oxygens (including phenoxy) is 1. The number of rotatable bonds is 4. The largest absolute Gasteiger partial charge is 0.465 e. The predicted octanol–water partition coefficient (Wildman–Crippen LogP) is 2.95. The molecule has 2 nitrogen and oxygen atoms in total. The van der Waals surface area contributed by atoms with Gasteiger partial charge in [-0.05, 0) is 18.4 Å². The van der Waals surface area contributed by atoms with Crippen LogP contribution >= 0.6 is 15.9 Å². The molecule has 86 valence electrons. The first kappa shape index (κ1) is 11.6. The van der Waals surface area contributed by atoms with E-state index in [1.54, 1.807) is 0 Å². The van der Waals surface area contributed by atoms with Gasteiger partial charge in [-0.15, -0.1) is 0 Å². The lowest BCUT2D eigenvalue weighted by atomic mass is 9.86. The van der Waals surface area contributed by atoms with Crippen LogP contribution < -0.4 is 0 Å². The van der Waals surface area contributed by atoms with Crippen molar-refractivity contribution in [2.45, 2.75) is 24.1 Å². The third-order valence-electron chi connectivity index (χ3n) is 2.97. The second kappa shape index (κ2) is 5.48. The van der Waals surface area contributed by atoms with Crippen molar-refractivity contribution in [1.29, 1.82) is 0 Å². The average molecular weight is 283 g/mol. The molecule has 0 amide bonds. The van der Waals surface area contributed by atoms with Crippen molar-refractivity contribution >= 4 is 21.9 Å². The molecular formula is C13H15BrO2. The molecule has 1 aromatic rings. The molecule has 2 unspecified atom stereocenters. The molecule has 1 aliphatic rings. The molecule has 0 spiro atoms. The Labute approximate surface area is 104 Å². The number of alkyl halides is 1. The van der Waals surface area contributed by atoms with Crippen LogP contribution in [0.3, 0.4) is 0 Å². The molecule has 2 rings (SSSR count). The van der Waals surface area contributed by atoms with Gasteiger partial charge < -0.3 is 4.74 Å². The lowest BCUT2D eigenvalue weighted by molar-refractivity contribution is -0.144. The topological polar surface area (TPSA) is 26.3 Å². The van der Waals surface area contributed by atoms with E-state index < -0.39 is 0 Å². The third-order valence-corrected chi connectivity index (χ3v) is 4.18. The number of halogens is 1. The van der Waals surface area contributed by atoms with Gasteiger partial charge in [0.25, 0.3) is 0 Å². The van der Waals surface area contributed by atoms with E-state index in [1.165, 1.54) is 6.42 Å². The summed E-state index contributed by atoms with van der Waals surface area (Å²) in [6.45, 7) is 0.557. The average Bonchev–Trinajstić information content (AvgIpc) is 2.28. The minimum absolute atomic E-state index is 0.127. The first-order valence-electron chi connectivity index (χ1n) is 5.59. The van der Waals surface area contributed by atoms with E-state index in [2.05, 4.69) is 15.9 Å². The van der Waals surface area contributed by atoms with Crippen LogP contribution in [-0.2, 0) is 16.0 Å². The van der Waals surface area contributed by atoms with Crippen molar-refractivity contribution in [3.05, 3.63) is 35.9 Å². The Morgan fingerprint density at radius 2 is 2.06 bits per heavy atom. The van der Waals surface area contributed by atoms with E-state index in [4.69, 9.17) is 4.74 Å². The van der Waals surface area contributed by atoms with E-state index in [0.29, 0.717) is 23.8 Å². The molecule has 1 fully saturated rings. The zero-order valence-electron chi connectivity index (χ0n) is 9.06. The Bertz CT molecular complexity index is 350. The van der Waals surface area contributed by atoms with E-state index in [9.17, 15) is 4.79 Å². The molecule has 0 radical (unpaired) electrons. The summed E-state index contributed by atoms with van der Waals surface area (Å²) in [6, 6.07) is 9.69. The summed E-state index contributed by atoms with van der Waals surface area (Å²) in [5.41, 5.74) is 1.01. The van der Waals surface area contributed by atoms with Crippen LogP contribution in [0.25, 0.3) is 0 Å². The van der Waals surface area contributed by atoms with Gasteiger partial charge in [-0.25, -0.2) is 0 Å². The minimum atomic E-state index is -0.127.